The van der Waals surface area contributed by atoms with E-state index in [4.69, 9.17) is 37.4 Å². The average Bonchev–Trinajstić information content (AvgIpc) is 2.39. The van der Waals surface area contributed by atoms with E-state index < -0.39 is 5.82 Å². The number of halogens is 3. The average molecular weight is 309 g/mol. The first-order valence-electron chi connectivity index (χ1n) is 5.98. The van der Waals surface area contributed by atoms with Crippen LogP contribution in [0.5, 0.6) is 5.75 Å². The van der Waals surface area contributed by atoms with E-state index in [1.165, 1.54) is 12.1 Å². The summed E-state index contributed by atoms with van der Waals surface area (Å²) in [6.07, 6.45) is 0.105. The normalized spacial score (nSPS) is 26.0. The third-order valence-corrected chi connectivity index (χ3v) is 3.69. The maximum absolute atomic E-state index is 13.7. The van der Waals surface area contributed by atoms with Gasteiger partial charge in [-0.1, -0.05) is 17.7 Å². The fourth-order valence-electron chi connectivity index (χ4n) is 1.86. The number of ether oxygens (including phenoxy) is 3. The van der Waals surface area contributed by atoms with E-state index in [1.54, 1.807) is 13.2 Å². The van der Waals surface area contributed by atoms with E-state index in [1.807, 2.05) is 0 Å². The molecule has 1 aliphatic rings. The number of alkyl halides is 1. The Bertz CT molecular complexity index is 430. The van der Waals surface area contributed by atoms with Crippen LogP contribution < -0.4 is 4.74 Å². The second-order valence-electron chi connectivity index (χ2n) is 4.29. The Morgan fingerprint density at radius 1 is 1.37 bits per heavy atom. The number of rotatable bonds is 6. The minimum atomic E-state index is -0.558. The smallest absolute Gasteiger partial charge is 0.183 e. The minimum Gasteiger partial charge on any atom is -0.484 e. The van der Waals surface area contributed by atoms with Gasteiger partial charge in [-0.15, -0.1) is 11.6 Å². The largest absolute Gasteiger partial charge is 0.484 e. The van der Waals surface area contributed by atoms with Gasteiger partial charge in [-0.3, -0.25) is 0 Å². The number of hydrogen-bond donors (Lipinski definition) is 0. The summed E-state index contributed by atoms with van der Waals surface area (Å²) >= 11 is 11.8. The summed E-state index contributed by atoms with van der Waals surface area (Å²) in [5, 5.41) is -0.0831. The van der Waals surface area contributed by atoms with Crippen molar-refractivity contribution in [2.45, 2.75) is 24.0 Å². The first kappa shape index (κ1) is 14.9. The molecule has 0 amide bonds. The molecule has 0 spiro atoms. The molecule has 19 heavy (non-hydrogen) atoms. The van der Waals surface area contributed by atoms with Crippen molar-refractivity contribution in [2.75, 3.05) is 20.3 Å². The molecule has 6 heteroatoms. The van der Waals surface area contributed by atoms with E-state index in [2.05, 4.69) is 0 Å². The Kier molecular flexibility index (Phi) is 5.28. The molecule has 1 aromatic rings. The second kappa shape index (κ2) is 6.75. The first-order valence-corrected chi connectivity index (χ1v) is 6.80. The van der Waals surface area contributed by atoms with Crippen LogP contribution in [0.25, 0.3) is 0 Å². The summed E-state index contributed by atoms with van der Waals surface area (Å²) in [5.41, 5.74) is 0. The van der Waals surface area contributed by atoms with E-state index in [-0.39, 0.29) is 28.4 Å². The van der Waals surface area contributed by atoms with Crippen LogP contribution in [-0.2, 0) is 9.47 Å². The highest BCUT2D eigenvalue weighted by Gasteiger charge is 2.43. The zero-order valence-electron chi connectivity index (χ0n) is 10.4. The molecule has 0 bridgehead atoms. The van der Waals surface area contributed by atoms with Gasteiger partial charge in [0.15, 0.2) is 11.6 Å². The monoisotopic (exact) mass is 308 g/mol. The van der Waals surface area contributed by atoms with Gasteiger partial charge in [-0.05, 0) is 12.1 Å². The lowest BCUT2D eigenvalue weighted by Crippen LogP contribution is -2.53. The van der Waals surface area contributed by atoms with Gasteiger partial charge >= 0.3 is 0 Å². The van der Waals surface area contributed by atoms with Gasteiger partial charge in [0, 0.05) is 13.5 Å². The fraction of sp³-hybridized carbons (Fsp3) is 0.538. The molecular formula is C13H15Cl2FO3. The van der Waals surface area contributed by atoms with Gasteiger partial charge in [-0.25, -0.2) is 4.39 Å². The molecule has 3 nitrogen and oxygen atoms in total. The molecule has 0 radical (unpaired) electrons. The topological polar surface area (TPSA) is 27.7 Å². The summed E-state index contributed by atoms with van der Waals surface area (Å²) in [6.45, 7) is 0.917. The summed E-state index contributed by atoms with van der Waals surface area (Å²) in [7, 11) is 1.59. The van der Waals surface area contributed by atoms with Crippen molar-refractivity contribution in [3.05, 3.63) is 29.0 Å². The molecule has 106 valence electrons. The number of hydrogen-bond acceptors (Lipinski definition) is 3. The Balaban J connectivity index is 1.93. The lowest BCUT2D eigenvalue weighted by molar-refractivity contribution is -0.0907. The molecule has 0 aliphatic heterocycles. The van der Waals surface area contributed by atoms with Crippen LogP contribution in [0.3, 0.4) is 0 Å². The maximum atomic E-state index is 13.7. The molecule has 1 fully saturated rings. The minimum absolute atomic E-state index is 0.0381. The molecule has 1 saturated carbocycles. The van der Waals surface area contributed by atoms with Crippen LogP contribution in [0.2, 0.25) is 5.02 Å². The summed E-state index contributed by atoms with van der Waals surface area (Å²) < 4.78 is 29.7. The first-order chi connectivity index (χ1) is 9.13. The van der Waals surface area contributed by atoms with Gasteiger partial charge < -0.3 is 14.2 Å². The molecular weight excluding hydrogens is 294 g/mol. The summed E-state index contributed by atoms with van der Waals surface area (Å²) in [4.78, 5) is 0. The van der Waals surface area contributed by atoms with Crippen molar-refractivity contribution < 1.29 is 18.6 Å². The van der Waals surface area contributed by atoms with Crippen molar-refractivity contribution in [3.8, 4) is 5.75 Å². The number of benzene rings is 1. The molecule has 3 unspecified atom stereocenters. The Morgan fingerprint density at radius 3 is 2.84 bits per heavy atom. The SMILES string of the molecule is COCCOC1C(Cl)CC1Oc1cccc(Cl)c1F. The van der Waals surface area contributed by atoms with Gasteiger partial charge in [0.2, 0.25) is 0 Å². The fourth-order valence-corrected chi connectivity index (χ4v) is 2.44. The molecule has 0 N–H and O–H groups in total. The van der Waals surface area contributed by atoms with Gasteiger partial charge in [0.05, 0.1) is 23.6 Å². The lowest BCUT2D eigenvalue weighted by atomic mass is 9.91. The van der Waals surface area contributed by atoms with E-state index in [0.29, 0.717) is 19.6 Å². The van der Waals surface area contributed by atoms with Crippen molar-refractivity contribution in [1.29, 1.82) is 0 Å². The van der Waals surface area contributed by atoms with E-state index >= 15 is 0 Å². The van der Waals surface area contributed by atoms with Crippen molar-refractivity contribution in [2.24, 2.45) is 0 Å². The van der Waals surface area contributed by atoms with Crippen LogP contribution in [0, 0.1) is 5.82 Å². The maximum Gasteiger partial charge on any atom is 0.183 e. The zero-order valence-corrected chi connectivity index (χ0v) is 12.0. The van der Waals surface area contributed by atoms with Crippen LogP contribution in [-0.4, -0.2) is 37.9 Å². The zero-order chi connectivity index (χ0) is 13.8. The predicted molar refractivity (Wildman–Crippen MR) is 71.7 cm³/mol. The molecule has 2 rings (SSSR count). The molecule has 1 aliphatic carbocycles. The molecule has 3 atom stereocenters. The molecule has 1 aromatic carbocycles. The Labute approximate surface area is 121 Å². The van der Waals surface area contributed by atoms with E-state index in [0.717, 1.165) is 0 Å². The standard InChI is InChI=1S/C13H15Cl2FO3/c1-17-5-6-18-13-9(15)7-11(13)19-10-4-2-3-8(14)12(10)16/h2-4,9,11,13H,5-7H2,1H3. The second-order valence-corrected chi connectivity index (χ2v) is 5.26. The van der Waals surface area contributed by atoms with Gasteiger partial charge in [0.1, 0.15) is 12.2 Å². The van der Waals surface area contributed by atoms with Gasteiger partial charge in [0.25, 0.3) is 0 Å². The number of methoxy groups -OCH3 is 1. The Hall–Kier alpha value is -0.550. The Morgan fingerprint density at radius 2 is 2.16 bits per heavy atom. The van der Waals surface area contributed by atoms with Crippen molar-refractivity contribution in [3.63, 3.8) is 0 Å². The van der Waals surface area contributed by atoms with Crippen LogP contribution >= 0.6 is 23.2 Å². The molecule has 0 heterocycles. The molecule has 0 saturated heterocycles. The summed E-state index contributed by atoms with van der Waals surface area (Å²) in [5.74, 6) is -0.431. The van der Waals surface area contributed by atoms with Crippen molar-refractivity contribution >= 4 is 23.2 Å². The van der Waals surface area contributed by atoms with Crippen LogP contribution in [0.4, 0.5) is 4.39 Å². The lowest BCUT2D eigenvalue weighted by Gasteiger charge is -2.40. The molecule has 0 aromatic heterocycles. The van der Waals surface area contributed by atoms with Crippen molar-refractivity contribution in [1.82, 2.24) is 0 Å². The third kappa shape index (κ3) is 3.51. The highest BCUT2D eigenvalue weighted by Crippen LogP contribution is 2.34. The highest BCUT2D eigenvalue weighted by molar-refractivity contribution is 6.30. The van der Waals surface area contributed by atoms with Crippen LogP contribution in [0.1, 0.15) is 6.42 Å². The van der Waals surface area contributed by atoms with Crippen LogP contribution in [0.15, 0.2) is 18.2 Å². The third-order valence-electron chi connectivity index (χ3n) is 2.97. The van der Waals surface area contributed by atoms with Gasteiger partial charge in [-0.2, -0.15) is 0 Å². The summed E-state index contributed by atoms with van der Waals surface area (Å²) in [6, 6.07) is 4.65. The predicted octanol–water partition coefficient (Wildman–Crippen LogP) is 3.27. The quantitative estimate of drug-likeness (QED) is 0.596. The van der Waals surface area contributed by atoms with E-state index in [9.17, 15) is 4.39 Å². The highest BCUT2D eigenvalue weighted by atomic mass is 35.5.